The van der Waals surface area contributed by atoms with Crippen molar-refractivity contribution in [2.45, 2.75) is 75.8 Å². The molecule has 0 aromatic carbocycles. The maximum atomic E-state index is 6.30. The Bertz CT molecular complexity index is 376. The van der Waals surface area contributed by atoms with E-state index in [2.05, 4.69) is 5.16 Å². The van der Waals surface area contributed by atoms with Gasteiger partial charge in [0.15, 0.2) is 11.9 Å². The van der Waals surface area contributed by atoms with Gasteiger partial charge in [-0.1, -0.05) is 18.0 Å². The fourth-order valence-corrected chi connectivity index (χ4v) is 4.11. The molecule has 2 aliphatic heterocycles. The van der Waals surface area contributed by atoms with Gasteiger partial charge in [0.05, 0.1) is 12.3 Å². The number of hydrogen-bond acceptors (Lipinski definition) is 4. The van der Waals surface area contributed by atoms with Gasteiger partial charge in [0.1, 0.15) is 6.10 Å². The minimum absolute atomic E-state index is 0.0856. The Hall–Kier alpha value is -0.610. The number of fused-ring (bicyclic) bond motifs is 1. The molecule has 19 heavy (non-hydrogen) atoms. The lowest BCUT2D eigenvalue weighted by Gasteiger charge is -2.33. The molecule has 2 saturated carbocycles. The minimum atomic E-state index is -0.288. The van der Waals surface area contributed by atoms with Gasteiger partial charge >= 0.3 is 0 Å². The zero-order valence-electron chi connectivity index (χ0n) is 11.5. The standard InChI is InChI=1S/C15H23NO3/c1-4-8-15(9-5-1)17-10-13(18-15)14-11-6-2-3-7-12(11)16-19-14/h11,13-14H,1-10H2/t11-,13+,14-/m0/s1. The van der Waals surface area contributed by atoms with Crippen LogP contribution in [0.25, 0.3) is 0 Å². The highest BCUT2D eigenvalue weighted by atomic mass is 16.8. The van der Waals surface area contributed by atoms with Crippen molar-refractivity contribution < 1.29 is 14.3 Å². The molecule has 4 aliphatic rings. The summed E-state index contributed by atoms with van der Waals surface area (Å²) in [7, 11) is 0. The van der Waals surface area contributed by atoms with E-state index >= 15 is 0 Å². The van der Waals surface area contributed by atoms with E-state index < -0.39 is 0 Å². The van der Waals surface area contributed by atoms with Crippen LogP contribution in [0.1, 0.15) is 57.8 Å². The van der Waals surface area contributed by atoms with E-state index in [9.17, 15) is 0 Å². The first-order chi connectivity index (χ1) is 9.36. The lowest BCUT2D eigenvalue weighted by atomic mass is 9.82. The second-order valence-corrected chi connectivity index (χ2v) is 6.44. The van der Waals surface area contributed by atoms with E-state index in [0.717, 1.165) is 19.3 Å². The second-order valence-electron chi connectivity index (χ2n) is 6.44. The van der Waals surface area contributed by atoms with Crippen molar-refractivity contribution in [3.05, 3.63) is 0 Å². The molecule has 1 saturated heterocycles. The van der Waals surface area contributed by atoms with Gasteiger partial charge < -0.3 is 14.3 Å². The van der Waals surface area contributed by atoms with Gasteiger partial charge in [-0.15, -0.1) is 0 Å². The van der Waals surface area contributed by atoms with Crippen molar-refractivity contribution >= 4 is 5.71 Å². The minimum Gasteiger partial charge on any atom is -0.389 e. The maximum Gasteiger partial charge on any atom is 0.169 e. The monoisotopic (exact) mass is 265 g/mol. The van der Waals surface area contributed by atoms with Gasteiger partial charge in [-0.05, 0) is 32.1 Å². The van der Waals surface area contributed by atoms with Crippen molar-refractivity contribution in [2.75, 3.05) is 6.61 Å². The first-order valence-electron chi connectivity index (χ1n) is 7.91. The number of hydrogen-bond donors (Lipinski definition) is 0. The summed E-state index contributed by atoms with van der Waals surface area (Å²) in [6.45, 7) is 0.684. The first-order valence-corrected chi connectivity index (χ1v) is 7.91. The van der Waals surface area contributed by atoms with E-state index in [1.807, 2.05) is 0 Å². The van der Waals surface area contributed by atoms with Gasteiger partial charge in [0, 0.05) is 18.8 Å². The Balaban J connectivity index is 1.44. The summed E-state index contributed by atoms with van der Waals surface area (Å²) in [4.78, 5) is 5.70. The molecule has 4 nitrogen and oxygen atoms in total. The first kappa shape index (κ1) is 12.2. The number of nitrogens with zero attached hydrogens (tertiary/aromatic N) is 1. The lowest BCUT2D eigenvalue weighted by molar-refractivity contribution is -0.199. The zero-order valence-corrected chi connectivity index (χ0v) is 11.5. The highest BCUT2D eigenvalue weighted by Crippen LogP contribution is 2.42. The molecular weight excluding hydrogens is 242 g/mol. The average Bonchev–Trinajstić information content (AvgIpc) is 3.04. The third-order valence-electron chi connectivity index (χ3n) is 5.17. The van der Waals surface area contributed by atoms with Crippen LogP contribution in [0.3, 0.4) is 0 Å². The van der Waals surface area contributed by atoms with Gasteiger partial charge in [-0.25, -0.2) is 0 Å². The molecular formula is C15H23NO3. The average molecular weight is 265 g/mol. The molecule has 3 atom stereocenters. The van der Waals surface area contributed by atoms with Crippen molar-refractivity contribution in [2.24, 2.45) is 11.1 Å². The summed E-state index contributed by atoms with van der Waals surface area (Å²) in [6.07, 6.45) is 10.9. The zero-order chi connectivity index (χ0) is 12.7. The Morgan fingerprint density at radius 2 is 1.95 bits per heavy atom. The predicted molar refractivity (Wildman–Crippen MR) is 70.9 cm³/mol. The van der Waals surface area contributed by atoms with E-state index in [0.29, 0.717) is 12.5 Å². The van der Waals surface area contributed by atoms with Crippen LogP contribution in [0, 0.1) is 5.92 Å². The molecule has 2 aliphatic carbocycles. The van der Waals surface area contributed by atoms with Crippen LogP contribution in [0.15, 0.2) is 5.16 Å². The summed E-state index contributed by atoms with van der Waals surface area (Å²) in [5.74, 6) is 0.199. The molecule has 0 amide bonds. The summed E-state index contributed by atoms with van der Waals surface area (Å²) in [5, 5.41) is 4.30. The molecule has 0 aromatic rings. The summed E-state index contributed by atoms with van der Waals surface area (Å²) >= 11 is 0. The summed E-state index contributed by atoms with van der Waals surface area (Å²) in [5.41, 5.74) is 1.27. The quantitative estimate of drug-likeness (QED) is 0.731. The van der Waals surface area contributed by atoms with Gasteiger partial charge in [0.25, 0.3) is 0 Å². The van der Waals surface area contributed by atoms with Crippen molar-refractivity contribution in [1.82, 2.24) is 0 Å². The van der Waals surface area contributed by atoms with Gasteiger partial charge in [-0.2, -0.15) is 0 Å². The lowest BCUT2D eigenvalue weighted by Crippen LogP contribution is -2.40. The highest BCUT2D eigenvalue weighted by Gasteiger charge is 2.50. The van der Waals surface area contributed by atoms with Crippen LogP contribution in [-0.2, 0) is 14.3 Å². The van der Waals surface area contributed by atoms with Gasteiger partial charge in [0.2, 0.25) is 0 Å². The Morgan fingerprint density at radius 3 is 2.84 bits per heavy atom. The number of ether oxygens (including phenoxy) is 2. The fraction of sp³-hybridized carbons (Fsp3) is 0.933. The van der Waals surface area contributed by atoms with Crippen LogP contribution < -0.4 is 0 Å². The van der Waals surface area contributed by atoms with E-state index in [-0.39, 0.29) is 18.0 Å². The second kappa shape index (κ2) is 4.74. The number of oxime groups is 1. The normalized spacial score (nSPS) is 40.8. The molecule has 2 heterocycles. The molecule has 3 fully saturated rings. The molecule has 0 unspecified atom stereocenters. The molecule has 4 rings (SSSR count). The SMILES string of the molecule is C1CCC2(CC1)OC[C@H]([C@H]1ON=C3CCCC[C@@H]31)O2. The van der Waals surface area contributed by atoms with E-state index in [4.69, 9.17) is 14.3 Å². The Morgan fingerprint density at radius 1 is 1.05 bits per heavy atom. The predicted octanol–water partition coefficient (Wildman–Crippen LogP) is 3.01. The molecule has 106 valence electrons. The van der Waals surface area contributed by atoms with Crippen LogP contribution in [-0.4, -0.2) is 30.3 Å². The van der Waals surface area contributed by atoms with Crippen molar-refractivity contribution in [1.29, 1.82) is 0 Å². The van der Waals surface area contributed by atoms with Gasteiger partial charge in [-0.3, -0.25) is 0 Å². The van der Waals surface area contributed by atoms with Crippen LogP contribution in [0.2, 0.25) is 0 Å². The maximum absolute atomic E-state index is 6.30. The van der Waals surface area contributed by atoms with Crippen LogP contribution in [0.4, 0.5) is 0 Å². The molecule has 0 N–H and O–H groups in total. The molecule has 1 spiro atoms. The Kier molecular flexibility index (Phi) is 3.03. The number of rotatable bonds is 1. The molecule has 0 bridgehead atoms. The van der Waals surface area contributed by atoms with Crippen molar-refractivity contribution in [3.8, 4) is 0 Å². The third-order valence-corrected chi connectivity index (χ3v) is 5.17. The topological polar surface area (TPSA) is 40.0 Å². The largest absolute Gasteiger partial charge is 0.389 e. The van der Waals surface area contributed by atoms with Crippen molar-refractivity contribution in [3.63, 3.8) is 0 Å². The van der Waals surface area contributed by atoms with E-state index in [1.165, 1.54) is 44.2 Å². The van der Waals surface area contributed by atoms with E-state index in [1.54, 1.807) is 0 Å². The smallest absolute Gasteiger partial charge is 0.169 e. The van der Waals surface area contributed by atoms with Crippen LogP contribution in [0.5, 0.6) is 0 Å². The summed E-state index contributed by atoms with van der Waals surface area (Å²) in [6, 6.07) is 0. The third kappa shape index (κ3) is 2.09. The Labute approximate surface area is 114 Å². The summed E-state index contributed by atoms with van der Waals surface area (Å²) < 4.78 is 12.3. The van der Waals surface area contributed by atoms with Crippen LogP contribution >= 0.6 is 0 Å². The molecule has 4 heteroatoms. The molecule has 0 radical (unpaired) electrons. The molecule has 0 aromatic heterocycles. The highest BCUT2D eigenvalue weighted by molar-refractivity contribution is 5.88. The fourth-order valence-electron chi connectivity index (χ4n) is 4.11.